The van der Waals surface area contributed by atoms with Gasteiger partial charge in [0.2, 0.25) is 5.91 Å². The van der Waals surface area contributed by atoms with Gasteiger partial charge < -0.3 is 5.32 Å². The Morgan fingerprint density at radius 2 is 1.60 bits per heavy atom. The maximum absolute atomic E-state index is 11.9. The summed E-state index contributed by atoms with van der Waals surface area (Å²) in [6, 6.07) is 17.1. The summed E-state index contributed by atoms with van der Waals surface area (Å²) in [7, 11) is 0. The van der Waals surface area contributed by atoms with Gasteiger partial charge in [0.15, 0.2) is 11.2 Å². The first kappa shape index (κ1) is 14.3. The Labute approximate surface area is 122 Å². The molecule has 0 heterocycles. The van der Waals surface area contributed by atoms with Gasteiger partial charge in [0.05, 0.1) is 0 Å². The predicted molar refractivity (Wildman–Crippen MR) is 80.8 cm³/mol. The summed E-state index contributed by atoms with van der Waals surface area (Å²) in [6.45, 7) is 1.29. The summed E-state index contributed by atoms with van der Waals surface area (Å²) in [4.78, 5) is 23.0. The van der Waals surface area contributed by atoms with Crippen molar-refractivity contribution < 1.29 is 9.59 Å². The number of benzene rings is 2. The van der Waals surface area contributed by atoms with Crippen molar-refractivity contribution in [3.05, 3.63) is 54.6 Å². The number of Topliss-reactive ketones (excluding diaryl/α,β-unsaturated/α-hetero) is 1. The molecule has 1 amide bonds. The van der Waals surface area contributed by atoms with Crippen molar-refractivity contribution in [3.8, 4) is 11.1 Å². The lowest BCUT2D eigenvalue weighted by atomic mass is 10.0. The van der Waals surface area contributed by atoms with Gasteiger partial charge in [0.1, 0.15) is 0 Å². The van der Waals surface area contributed by atoms with Gasteiger partial charge in [0.25, 0.3) is 0 Å². The van der Waals surface area contributed by atoms with Crippen molar-refractivity contribution in [2.45, 2.75) is 12.3 Å². The van der Waals surface area contributed by atoms with E-state index in [1.807, 2.05) is 48.5 Å². The van der Waals surface area contributed by atoms with Crippen LogP contribution in [0.3, 0.4) is 0 Å². The van der Waals surface area contributed by atoms with Gasteiger partial charge in [-0.2, -0.15) is 0 Å². The third-order valence-electron chi connectivity index (χ3n) is 2.86. The van der Waals surface area contributed by atoms with Crippen LogP contribution in [0.1, 0.15) is 6.92 Å². The van der Waals surface area contributed by atoms with Crippen molar-refractivity contribution in [1.29, 1.82) is 0 Å². The van der Waals surface area contributed by atoms with Crippen molar-refractivity contribution >= 4 is 29.0 Å². The number of ketones is 1. The topological polar surface area (TPSA) is 46.2 Å². The number of hydrogen-bond acceptors (Lipinski definition) is 2. The average molecular weight is 288 g/mol. The molecule has 0 aliphatic carbocycles. The summed E-state index contributed by atoms with van der Waals surface area (Å²) in [6.07, 6.45) is 0. The maximum Gasteiger partial charge on any atom is 0.250 e. The summed E-state index contributed by atoms with van der Waals surface area (Å²) >= 11 is 5.75. The second-order valence-corrected chi connectivity index (χ2v) is 4.81. The molecule has 0 bridgehead atoms. The largest absolute Gasteiger partial charge is 0.324 e. The zero-order valence-electron chi connectivity index (χ0n) is 11.0. The fourth-order valence-corrected chi connectivity index (χ4v) is 1.90. The highest BCUT2D eigenvalue weighted by atomic mass is 35.5. The van der Waals surface area contributed by atoms with Gasteiger partial charge in [-0.05, 0) is 18.6 Å². The highest BCUT2D eigenvalue weighted by molar-refractivity contribution is 6.43. The number of alkyl halides is 1. The third-order valence-corrected chi connectivity index (χ3v) is 3.36. The second-order valence-electron chi connectivity index (χ2n) is 4.37. The lowest BCUT2D eigenvalue weighted by molar-refractivity contribution is -0.123. The molecule has 1 atom stereocenters. The number of halogens is 1. The Morgan fingerprint density at radius 3 is 2.25 bits per heavy atom. The van der Waals surface area contributed by atoms with E-state index < -0.39 is 11.3 Å². The van der Waals surface area contributed by atoms with Crippen LogP contribution in [0.4, 0.5) is 5.69 Å². The molecule has 1 unspecified atom stereocenters. The summed E-state index contributed by atoms with van der Waals surface area (Å²) < 4.78 is 0. The molecule has 3 nitrogen and oxygen atoms in total. The first-order valence-corrected chi connectivity index (χ1v) is 6.63. The van der Waals surface area contributed by atoms with Crippen molar-refractivity contribution in [2.75, 3.05) is 5.32 Å². The Kier molecular flexibility index (Phi) is 4.53. The summed E-state index contributed by atoms with van der Waals surface area (Å²) in [5.41, 5.74) is 2.50. The molecule has 0 aromatic heterocycles. The predicted octanol–water partition coefficient (Wildman–Crippen LogP) is 3.49. The molecule has 0 radical (unpaired) electrons. The Morgan fingerprint density at radius 1 is 1.00 bits per heavy atom. The number of carbonyl (C=O) groups excluding carboxylic acids is 2. The van der Waals surface area contributed by atoms with Crippen LogP contribution in [0.2, 0.25) is 0 Å². The van der Waals surface area contributed by atoms with E-state index in [0.29, 0.717) is 5.69 Å². The second kappa shape index (κ2) is 6.35. The van der Waals surface area contributed by atoms with Crippen LogP contribution in [0.25, 0.3) is 11.1 Å². The average Bonchev–Trinajstić information content (AvgIpc) is 2.47. The summed E-state index contributed by atoms with van der Waals surface area (Å²) in [5, 5.41) is 1.53. The lowest BCUT2D eigenvalue weighted by Gasteiger charge is -2.12. The van der Waals surface area contributed by atoms with E-state index in [0.717, 1.165) is 11.1 Å². The molecule has 0 aliphatic rings. The van der Waals surface area contributed by atoms with Crippen LogP contribution < -0.4 is 5.32 Å². The first-order chi connectivity index (χ1) is 9.59. The molecule has 0 fully saturated rings. The Bertz CT molecular complexity index is 625. The van der Waals surface area contributed by atoms with Crippen LogP contribution >= 0.6 is 11.6 Å². The molecule has 102 valence electrons. The van der Waals surface area contributed by atoms with Gasteiger partial charge in [0, 0.05) is 11.3 Å². The zero-order chi connectivity index (χ0) is 14.5. The molecule has 4 heteroatoms. The van der Waals surface area contributed by atoms with Crippen LogP contribution in [0.15, 0.2) is 54.6 Å². The minimum atomic E-state index is -1.17. The highest BCUT2D eigenvalue weighted by Gasteiger charge is 2.20. The molecular weight excluding hydrogens is 274 g/mol. The molecule has 0 aliphatic heterocycles. The number of para-hydroxylation sites is 1. The number of hydrogen-bond donors (Lipinski definition) is 1. The van der Waals surface area contributed by atoms with E-state index >= 15 is 0 Å². The normalized spacial score (nSPS) is 11.7. The molecule has 2 aromatic rings. The summed E-state index contributed by atoms with van der Waals surface area (Å²) in [5.74, 6) is -0.885. The van der Waals surface area contributed by atoms with E-state index in [1.165, 1.54) is 6.92 Å². The molecule has 0 saturated heterocycles. The molecule has 0 saturated carbocycles. The van der Waals surface area contributed by atoms with E-state index in [4.69, 9.17) is 11.6 Å². The molecule has 2 aromatic carbocycles. The molecule has 2 rings (SSSR count). The minimum absolute atomic E-state index is 0.374. The number of anilines is 1. The van der Waals surface area contributed by atoms with Crippen LogP contribution in [0.5, 0.6) is 0 Å². The number of carbonyl (C=O) groups is 2. The molecule has 0 spiro atoms. The third kappa shape index (κ3) is 3.25. The Balaban J connectivity index is 2.30. The van der Waals surface area contributed by atoms with E-state index in [1.54, 1.807) is 6.07 Å². The fraction of sp³-hybridized carbons (Fsp3) is 0.125. The maximum atomic E-state index is 11.9. The van der Waals surface area contributed by atoms with Gasteiger partial charge >= 0.3 is 0 Å². The monoisotopic (exact) mass is 287 g/mol. The van der Waals surface area contributed by atoms with E-state index in [-0.39, 0.29) is 5.78 Å². The molecular formula is C16H14ClNO2. The van der Waals surface area contributed by atoms with Gasteiger partial charge in [-0.25, -0.2) is 0 Å². The first-order valence-electron chi connectivity index (χ1n) is 6.19. The van der Waals surface area contributed by atoms with Crippen molar-refractivity contribution in [3.63, 3.8) is 0 Å². The molecule has 20 heavy (non-hydrogen) atoms. The lowest BCUT2D eigenvalue weighted by Crippen LogP contribution is -2.28. The zero-order valence-corrected chi connectivity index (χ0v) is 11.7. The van der Waals surface area contributed by atoms with E-state index in [2.05, 4.69) is 5.32 Å². The minimum Gasteiger partial charge on any atom is -0.324 e. The number of rotatable bonds is 4. The van der Waals surface area contributed by atoms with Crippen molar-refractivity contribution in [1.82, 2.24) is 0 Å². The fourth-order valence-electron chi connectivity index (χ4n) is 1.84. The standard InChI is InChI=1S/C16H14ClNO2/c1-11(19)15(17)16(20)18-14-10-6-5-9-13(14)12-7-3-2-4-8-12/h2-10,15H,1H3,(H,18,20). The van der Waals surface area contributed by atoms with Gasteiger partial charge in [-0.15, -0.1) is 11.6 Å². The van der Waals surface area contributed by atoms with Gasteiger partial charge in [-0.1, -0.05) is 48.5 Å². The smallest absolute Gasteiger partial charge is 0.250 e. The van der Waals surface area contributed by atoms with Crippen molar-refractivity contribution in [2.24, 2.45) is 0 Å². The number of amides is 1. The van der Waals surface area contributed by atoms with Crippen LogP contribution in [-0.2, 0) is 9.59 Å². The molecule has 1 N–H and O–H groups in total. The highest BCUT2D eigenvalue weighted by Crippen LogP contribution is 2.27. The van der Waals surface area contributed by atoms with Crippen LogP contribution in [-0.4, -0.2) is 17.1 Å². The number of nitrogens with one attached hydrogen (secondary N) is 1. The van der Waals surface area contributed by atoms with E-state index in [9.17, 15) is 9.59 Å². The SMILES string of the molecule is CC(=O)C(Cl)C(=O)Nc1ccccc1-c1ccccc1. The Hall–Kier alpha value is -2.13. The van der Waals surface area contributed by atoms with Gasteiger partial charge in [-0.3, -0.25) is 9.59 Å². The van der Waals surface area contributed by atoms with Crippen LogP contribution in [0, 0.1) is 0 Å². The quantitative estimate of drug-likeness (QED) is 0.691.